The zero-order valence-corrected chi connectivity index (χ0v) is 13.7. The molecule has 0 radical (unpaired) electrons. The predicted octanol–water partition coefficient (Wildman–Crippen LogP) is 3.00. The fourth-order valence-electron chi connectivity index (χ4n) is 1.65. The molecule has 0 saturated carbocycles. The molecule has 0 bridgehead atoms. The Labute approximate surface area is 135 Å². The molecule has 0 spiro atoms. The summed E-state index contributed by atoms with van der Waals surface area (Å²) >= 11 is 9.13. The molecule has 0 aromatic heterocycles. The molecule has 0 saturated heterocycles. The van der Waals surface area contributed by atoms with E-state index in [2.05, 4.69) is 21.2 Å². The standard InChI is InChI=1S/C13H10BrClN2O3S/c14-10-4-2-1-3-9(10)13(18)17-8-5-6-12(11(15)7-8)21(16,19)20/h1-7H,(H,17,18)(H2,16,19,20). The highest BCUT2D eigenvalue weighted by molar-refractivity contribution is 9.10. The summed E-state index contributed by atoms with van der Waals surface area (Å²) in [5.74, 6) is -0.345. The highest BCUT2D eigenvalue weighted by Gasteiger charge is 2.15. The molecule has 2 aromatic rings. The molecule has 8 heteroatoms. The van der Waals surface area contributed by atoms with Gasteiger partial charge in [-0.3, -0.25) is 4.79 Å². The summed E-state index contributed by atoms with van der Waals surface area (Å²) in [6.07, 6.45) is 0. The molecule has 2 aromatic carbocycles. The Morgan fingerprint density at radius 2 is 1.86 bits per heavy atom. The lowest BCUT2D eigenvalue weighted by atomic mass is 10.2. The van der Waals surface area contributed by atoms with Gasteiger partial charge in [-0.2, -0.15) is 0 Å². The van der Waals surface area contributed by atoms with Crippen molar-refractivity contribution in [3.63, 3.8) is 0 Å². The van der Waals surface area contributed by atoms with Gasteiger partial charge in [0.05, 0.1) is 10.6 Å². The van der Waals surface area contributed by atoms with Crippen LogP contribution in [-0.2, 0) is 10.0 Å². The molecule has 21 heavy (non-hydrogen) atoms. The molecule has 0 fully saturated rings. The molecule has 0 atom stereocenters. The van der Waals surface area contributed by atoms with Crippen molar-refractivity contribution < 1.29 is 13.2 Å². The lowest BCUT2D eigenvalue weighted by Crippen LogP contribution is -2.14. The summed E-state index contributed by atoms with van der Waals surface area (Å²) in [4.78, 5) is 11.9. The maximum absolute atomic E-state index is 12.1. The molecule has 0 unspecified atom stereocenters. The van der Waals surface area contributed by atoms with E-state index < -0.39 is 10.0 Å². The third kappa shape index (κ3) is 3.82. The minimum Gasteiger partial charge on any atom is -0.322 e. The van der Waals surface area contributed by atoms with Crippen LogP contribution in [0.3, 0.4) is 0 Å². The highest BCUT2D eigenvalue weighted by Crippen LogP contribution is 2.25. The van der Waals surface area contributed by atoms with Gasteiger partial charge in [-0.15, -0.1) is 0 Å². The van der Waals surface area contributed by atoms with Gasteiger partial charge in [0, 0.05) is 10.2 Å². The monoisotopic (exact) mass is 388 g/mol. The number of sulfonamides is 1. The summed E-state index contributed by atoms with van der Waals surface area (Å²) < 4.78 is 23.2. The van der Waals surface area contributed by atoms with E-state index in [-0.39, 0.29) is 15.8 Å². The molecule has 2 rings (SSSR count). The highest BCUT2D eigenvalue weighted by atomic mass is 79.9. The molecule has 0 heterocycles. The van der Waals surface area contributed by atoms with Crippen LogP contribution in [0.25, 0.3) is 0 Å². The van der Waals surface area contributed by atoms with Crippen molar-refractivity contribution in [2.45, 2.75) is 4.90 Å². The number of primary sulfonamides is 1. The molecular weight excluding hydrogens is 380 g/mol. The van der Waals surface area contributed by atoms with Crippen LogP contribution in [0, 0.1) is 0 Å². The second-order valence-corrected chi connectivity index (χ2v) is 6.92. The van der Waals surface area contributed by atoms with Crippen molar-refractivity contribution in [1.29, 1.82) is 0 Å². The maximum atomic E-state index is 12.1. The SMILES string of the molecule is NS(=O)(=O)c1ccc(NC(=O)c2ccccc2Br)cc1Cl. The largest absolute Gasteiger partial charge is 0.322 e. The Balaban J connectivity index is 2.27. The zero-order chi connectivity index (χ0) is 15.6. The van der Waals surface area contributed by atoms with Gasteiger partial charge in [0.15, 0.2) is 0 Å². The number of benzene rings is 2. The van der Waals surface area contributed by atoms with E-state index in [0.717, 1.165) is 0 Å². The van der Waals surface area contributed by atoms with Gasteiger partial charge in [-0.1, -0.05) is 23.7 Å². The van der Waals surface area contributed by atoms with Crippen molar-refractivity contribution in [2.24, 2.45) is 5.14 Å². The number of carbonyl (C=O) groups is 1. The summed E-state index contributed by atoms with van der Waals surface area (Å²) in [7, 11) is -3.89. The van der Waals surface area contributed by atoms with Crippen LogP contribution in [0.15, 0.2) is 51.8 Å². The summed E-state index contributed by atoms with van der Waals surface area (Å²) in [6, 6.07) is 10.9. The van der Waals surface area contributed by atoms with Crippen LogP contribution in [0.4, 0.5) is 5.69 Å². The first-order chi connectivity index (χ1) is 9.79. The third-order valence-corrected chi connectivity index (χ3v) is 4.70. The fraction of sp³-hybridized carbons (Fsp3) is 0. The van der Waals surface area contributed by atoms with E-state index in [4.69, 9.17) is 16.7 Å². The maximum Gasteiger partial charge on any atom is 0.256 e. The first-order valence-electron chi connectivity index (χ1n) is 5.67. The number of halogens is 2. The van der Waals surface area contributed by atoms with Gasteiger partial charge < -0.3 is 5.32 Å². The summed E-state index contributed by atoms with van der Waals surface area (Å²) in [5, 5.41) is 7.59. The lowest BCUT2D eigenvalue weighted by Gasteiger charge is -2.08. The summed E-state index contributed by atoms with van der Waals surface area (Å²) in [5.41, 5.74) is 0.817. The molecule has 110 valence electrons. The van der Waals surface area contributed by atoms with Gasteiger partial charge in [-0.05, 0) is 46.3 Å². The number of amides is 1. The average Bonchev–Trinajstić information content (AvgIpc) is 2.37. The first kappa shape index (κ1) is 16.0. The predicted molar refractivity (Wildman–Crippen MR) is 84.9 cm³/mol. The number of hydrogen-bond acceptors (Lipinski definition) is 3. The Kier molecular flexibility index (Phi) is 4.67. The first-order valence-corrected chi connectivity index (χ1v) is 8.39. The van der Waals surface area contributed by atoms with Crippen molar-refractivity contribution in [1.82, 2.24) is 0 Å². The van der Waals surface area contributed by atoms with Gasteiger partial charge in [0.1, 0.15) is 4.90 Å². The minimum absolute atomic E-state index is 0.0533. The van der Waals surface area contributed by atoms with Crippen LogP contribution in [0.5, 0.6) is 0 Å². The van der Waals surface area contributed by atoms with E-state index in [9.17, 15) is 13.2 Å². The van der Waals surface area contributed by atoms with Crippen LogP contribution in [-0.4, -0.2) is 14.3 Å². The second-order valence-electron chi connectivity index (χ2n) is 4.12. The van der Waals surface area contributed by atoms with E-state index in [0.29, 0.717) is 15.7 Å². The quantitative estimate of drug-likeness (QED) is 0.845. The van der Waals surface area contributed by atoms with Gasteiger partial charge in [0.2, 0.25) is 10.0 Å². The Hall–Kier alpha value is -1.41. The number of anilines is 1. The van der Waals surface area contributed by atoms with Crippen LogP contribution in [0.1, 0.15) is 10.4 Å². The number of rotatable bonds is 3. The lowest BCUT2D eigenvalue weighted by molar-refractivity contribution is 0.102. The van der Waals surface area contributed by atoms with Crippen molar-refractivity contribution in [3.05, 3.63) is 57.5 Å². The molecule has 5 nitrogen and oxygen atoms in total. The van der Waals surface area contributed by atoms with Gasteiger partial charge >= 0.3 is 0 Å². The van der Waals surface area contributed by atoms with Crippen LogP contribution < -0.4 is 10.5 Å². The van der Waals surface area contributed by atoms with Gasteiger partial charge in [-0.25, -0.2) is 13.6 Å². The van der Waals surface area contributed by atoms with Gasteiger partial charge in [0.25, 0.3) is 5.91 Å². The molecular formula is C13H10BrClN2O3S. The Bertz CT molecular complexity index is 809. The van der Waals surface area contributed by atoms with Crippen LogP contribution >= 0.6 is 27.5 Å². The Morgan fingerprint density at radius 3 is 2.43 bits per heavy atom. The number of hydrogen-bond donors (Lipinski definition) is 2. The zero-order valence-electron chi connectivity index (χ0n) is 10.5. The van der Waals surface area contributed by atoms with E-state index in [1.807, 2.05) is 0 Å². The molecule has 1 amide bonds. The smallest absolute Gasteiger partial charge is 0.256 e. The molecule has 0 aliphatic heterocycles. The minimum atomic E-state index is -3.89. The number of carbonyl (C=O) groups excluding carboxylic acids is 1. The molecule has 0 aliphatic rings. The fourth-order valence-corrected chi connectivity index (χ4v) is 3.21. The summed E-state index contributed by atoms with van der Waals surface area (Å²) in [6.45, 7) is 0. The van der Waals surface area contributed by atoms with Crippen LogP contribution in [0.2, 0.25) is 5.02 Å². The van der Waals surface area contributed by atoms with Crippen molar-refractivity contribution >= 4 is 49.1 Å². The molecule has 3 N–H and O–H groups in total. The average molecular weight is 390 g/mol. The second kappa shape index (κ2) is 6.15. The normalized spacial score (nSPS) is 11.2. The molecule has 0 aliphatic carbocycles. The number of nitrogens with two attached hydrogens (primary N) is 1. The van der Waals surface area contributed by atoms with E-state index in [1.54, 1.807) is 24.3 Å². The third-order valence-electron chi connectivity index (χ3n) is 2.61. The van der Waals surface area contributed by atoms with Crippen molar-refractivity contribution in [3.8, 4) is 0 Å². The van der Waals surface area contributed by atoms with Crippen molar-refractivity contribution in [2.75, 3.05) is 5.32 Å². The van der Waals surface area contributed by atoms with E-state index in [1.165, 1.54) is 18.2 Å². The topological polar surface area (TPSA) is 89.3 Å². The Morgan fingerprint density at radius 1 is 1.19 bits per heavy atom. The number of nitrogens with one attached hydrogen (secondary N) is 1. The van der Waals surface area contributed by atoms with E-state index >= 15 is 0 Å².